The lowest BCUT2D eigenvalue weighted by Gasteiger charge is -2.15. The van der Waals surface area contributed by atoms with Crippen molar-refractivity contribution in [3.05, 3.63) is 30.3 Å². The van der Waals surface area contributed by atoms with Crippen LogP contribution in [0, 0.1) is 0 Å². The maximum absolute atomic E-state index is 4.43. The molecule has 1 rings (SSSR count). The minimum absolute atomic E-state index is 0.0705. The average molecular weight is 184 g/mol. The quantitative estimate of drug-likeness (QED) is 0.530. The molecule has 0 N–H and O–H groups in total. The summed E-state index contributed by atoms with van der Waals surface area (Å²) in [4.78, 5) is 0.493. The fraction of sp³-hybridized carbons (Fsp3) is 0.333. The Bertz CT molecular complexity index is 208. The largest absolute Gasteiger partial charge is 0.171 e. The van der Waals surface area contributed by atoms with Crippen molar-refractivity contribution in [2.24, 2.45) is 0 Å². The Morgan fingerprint density at radius 1 is 1.27 bits per heavy atom. The van der Waals surface area contributed by atoms with Gasteiger partial charge in [0.05, 0.1) is 0 Å². The molecule has 0 heterocycles. The Labute approximate surface area is 75.2 Å². The summed E-state index contributed by atoms with van der Waals surface area (Å²) in [5.41, 5.74) is 0. The van der Waals surface area contributed by atoms with Crippen LogP contribution < -0.4 is 5.30 Å². The van der Waals surface area contributed by atoms with Crippen LogP contribution in [0.4, 0.5) is 0 Å². The van der Waals surface area contributed by atoms with Crippen LogP contribution in [-0.2, 0) is 0 Å². The minimum atomic E-state index is -0.0705. The van der Waals surface area contributed by atoms with E-state index < -0.39 is 0 Å². The van der Waals surface area contributed by atoms with E-state index in [4.69, 9.17) is 0 Å². The first-order valence-corrected chi connectivity index (χ1v) is 6.05. The summed E-state index contributed by atoms with van der Waals surface area (Å²) < 4.78 is 0. The summed E-state index contributed by atoms with van der Waals surface area (Å²) in [6.07, 6.45) is 0. The topological polar surface area (TPSA) is 0 Å². The summed E-state index contributed by atoms with van der Waals surface area (Å²) in [5, 5.41) is 1.44. The van der Waals surface area contributed by atoms with E-state index in [1.807, 2.05) is 0 Å². The van der Waals surface area contributed by atoms with E-state index in [1.165, 1.54) is 5.30 Å². The lowest BCUT2D eigenvalue weighted by atomic mass is 10.4. The normalized spacial score (nSPS) is 15.9. The summed E-state index contributed by atoms with van der Waals surface area (Å²) in [7, 11) is -0.0705. The van der Waals surface area contributed by atoms with Crippen LogP contribution in [0.25, 0.3) is 0 Å². The van der Waals surface area contributed by atoms with Gasteiger partial charge in [-0.2, -0.15) is 12.6 Å². The van der Waals surface area contributed by atoms with Gasteiger partial charge in [0.1, 0.15) is 0 Å². The third kappa shape index (κ3) is 2.50. The molecular weight excluding hydrogens is 171 g/mol. The molecule has 2 unspecified atom stereocenters. The van der Waals surface area contributed by atoms with Gasteiger partial charge in [-0.25, -0.2) is 0 Å². The lowest BCUT2D eigenvalue weighted by Crippen LogP contribution is -2.03. The summed E-state index contributed by atoms with van der Waals surface area (Å²) in [6.45, 7) is 4.42. The summed E-state index contributed by atoms with van der Waals surface area (Å²) >= 11 is 4.43. The minimum Gasteiger partial charge on any atom is -0.171 e. The number of benzene rings is 1. The molecule has 0 amide bonds. The maximum Gasteiger partial charge on any atom is 0.0228 e. The van der Waals surface area contributed by atoms with Gasteiger partial charge in [0.25, 0.3) is 0 Å². The van der Waals surface area contributed by atoms with Crippen LogP contribution in [0.2, 0.25) is 0 Å². The van der Waals surface area contributed by atoms with Crippen molar-refractivity contribution in [2.75, 3.05) is 6.66 Å². The van der Waals surface area contributed by atoms with E-state index in [0.717, 1.165) is 0 Å². The molecule has 0 radical (unpaired) electrons. The molecule has 0 aromatic heterocycles. The van der Waals surface area contributed by atoms with Gasteiger partial charge in [-0.15, -0.1) is 0 Å². The molecule has 0 nitrogen and oxygen atoms in total. The van der Waals surface area contributed by atoms with Gasteiger partial charge in [0.15, 0.2) is 0 Å². The molecular formula is C9H13PS. The number of thiol groups is 1. The van der Waals surface area contributed by atoms with Gasteiger partial charge in [0.2, 0.25) is 0 Å². The van der Waals surface area contributed by atoms with Crippen LogP contribution in [0.15, 0.2) is 30.3 Å². The van der Waals surface area contributed by atoms with E-state index in [2.05, 4.69) is 56.5 Å². The van der Waals surface area contributed by atoms with Crippen molar-refractivity contribution >= 4 is 25.9 Å². The van der Waals surface area contributed by atoms with E-state index in [0.29, 0.717) is 4.99 Å². The van der Waals surface area contributed by atoms with Crippen LogP contribution in [0.5, 0.6) is 0 Å². The maximum atomic E-state index is 4.43. The predicted molar refractivity (Wildman–Crippen MR) is 57.4 cm³/mol. The van der Waals surface area contributed by atoms with Crippen LogP contribution in [0.3, 0.4) is 0 Å². The molecule has 0 aliphatic heterocycles. The Morgan fingerprint density at radius 3 is 2.27 bits per heavy atom. The number of hydrogen-bond acceptors (Lipinski definition) is 1. The van der Waals surface area contributed by atoms with E-state index >= 15 is 0 Å². The predicted octanol–water partition coefficient (Wildman–Crippen LogP) is 2.70. The van der Waals surface area contributed by atoms with E-state index in [1.54, 1.807) is 0 Å². The summed E-state index contributed by atoms with van der Waals surface area (Å²) in [5.74, 6) is 0. The molecule has 0 aliphatic rings. The van der Waals surface area contributed by atoms with Gasteiger partial charge in [-0.3, -0.25) is 0 Å². The molecule has 1 aromatic rings. The van der Waals surface area contributed by atoms with Crippen LogP contribution in [0.1, 0.15) is 6.92 Å². The number of hydrogen-bond donors (Lipinski definition) is 1. The Morgan fingerprint density at radius 2 is 1.82 bits per heavy atom. The molecule has 2 atom stereocenters. The monoisotopic (exact) mass is 184 g/mol. The highest BCUT2D eigenvalue weighted by atomic mass is 32.1. The summed E-state index contributed by atoms with van der Waals surface area (Å²) in [6, 6.07) is 10.6. The van der Waals surface area contributed by atoms with Crippen LogP contribution >= 0.6 is 20.6 Å². The molecule has 1 aromatic carbocycles. The molecule has 2 heteroatoms. The van der Waals surface area contributed by atoms with Crippen LogP contribution in [-0.4, -0.2) is 11.7 Å². The molecule has 0 aliphatic carbocycles. The second kappa shape index (κ2) is 4.13. The molecule has 0 fully saturated rings. The molecule has 0 spiro atoms. The SMILES string of the molecule is CC(S)P(C)c1ccccc1. The standard InChI is InChI=1S/C9H13PS/c1-8(11)10(2)9-6-4-3-5-7-9/h3-8,11H,1-2H3. The highest BCUT2D eigenvalue weighted by Crippen LogP contribution is 2.37. The highest BCUT2D eigenvalue weighted by molar-refractivity contribution is 7.92. The van der Waals surface area contributed by atoms with Crippen molar-refractivity contribution in [3.63, 3.8) is 0 Å². The number of rotatable bonds is 2. The third-order valence-electron chi connectivity index (χ3n) is 1.72. The first-order valence-electron chi connectivity index (χ1n) is 3.68. The first kappa shape index (κ1) is 9.09. The van der Waals surface area contributed by atoms with Crippen molar-refractivity contribution in [2.45, 2.75) is 11.9 Å². The first-order chi connectivity index (χ1) is 5.22. The molecule has 0 bridgehead atoms. The van der Waals surface area contributed by atoms with Crippen molar-refractivity contribution in [1.82, 2.24) is 0 Å². The van der Waals surface area contributed by atoms with Gasteiger partial charge >= 0.3 is 0 Å². The second-order valence-corrected chi connectivity index (χ2v) is 6.27. The van der Waals surface area contributed by atoms with E-state index in [-0.39, 0.29) is 7.92 Å². The highest BCUT2D eigenvalue weighted by Gasteiger charge is 2.07. The second-order valence-electron chi connectivity index (χ2n) is 2.58. The van der Waals surface area contributed by atoms with Gasteiger partial charge < -0.3 is 0 Å². The zero-order valence-electron chi connectivity index (χ0n) is 6.86. The zero-order valence-corrected chi connectivity index (χ0v) is 8.65. The lowest BCUT2D eigenvalue weighted by molar-refractivity contribution is 1.41. The van der Waals surface area contributed by atoms with Gasteiger partial charge in [-0.1, -0.05) is 38.3 Å². The van der Waals surface area contributed by atoms with Gasteiger partial charge in [0, 0.05) is 4.99 Å². The molecule has 0 saturated carbocycles. The zero-order chi connectivity index (χ0) is 8.27. The van der Waals surface area contributed by atoms with Crippen molar-refractivity contribution < 1.29 is 0 Å². The molecule has 11 heavy (non-hydrogen) atoms. The Hall–Kier alpha value is 0. The fourth-order valence-corrected chi connectivity index (χ4v) is 2.35. The third-order valence-corrected chi connectivity index (χ3v) is 5.00. The van der Waals surface area contributed by atoms with Gasteiger partial charge in [-0.05, 0) is 18.9 Å². The smallest absolute Gasteiger partial charge is 0.0228 e. The fourth-order valence-electron chi connectivity index (χ4n) is 0.879. The van der Waals surface area contributed by atoms with E-state index in [9.17, 15) is 0 Å². The Kier molecular flexibility index (Phi) is 3.42. The Balaban J connectivity index is 2.77. The average Bonchev–Trinajstić information content (AvgIpc) is 2.05. The van der Waals surface area contributed by atoms with Crippen molar-refractivity contribution in [1.29, 1.82) is 0 Å². The van der Waals surface area contributed by atoms with Crippen molar-refractivity contribution in [3.8, 4) is 0 Å². The molecule has 0 saturated heterocycles. The molecule has 60 valence electrons.